The van der Waals surface area contributed by atoms with Gasteiger partial charge in [-0.25, -0.2) is 9.97 Å². The van der Waals surface area contributed by atoms with Gasteiger partial charge in [0.15, 0.2) is 5.82 Å². The fourth-order valence-electron chi connectivity index (χ4n) is 1.44. The predicted octanol–water partition coefficient (Wildman–Crippen LogP) is 3.76. The van der Waals surface area contributed by atoms with Crippen molar-refractivity contribution in [1.82, 2.24) is 9.97 Å². The number of hydrogen-bond acceptors (Lipinski definition) is 3. The maximum Gasteiger partial charge on any atom is 0.163 e. The van der Waals surface area contributed by atoms with Gasteiger partial charge < -0.3 is 5.73 Å². The van der Waals surface area contributed by atoms with E-state index in [4.69, 9.17) is 17.3 Å². The molecule has 1 aromatic heterocycles. The van der Waals surface area contributed by atoms with E-state index in [1.807, 2.05) is 26.0 Å². The minimum absolute atomic E-state index is 0.489. The molecule has 0 aliphatic rings. The molecule has 0 aliphatic carbocycles. The van der Waals surface area contributed by atoms with Crippen LogP contribution in [0.15, 0.2) is 22.7 Å². The number of nitrogen functional groups attached to an aromatic ring is 1. The first kappa shape index (κ1) is 12.3. The second kappa shape index (κ2) is 4.63. The minimum atomic E-state index is 0.489. The summed E-state index contributed by atoms with van der Waals surface area (Å²) in [4.78, 5) is 8.68. The first-order chi connectivity index (χ1) is 7.99. The van der Waals surface area contributed by atoms with Crippen LogP contribution in [-0.4, -0.2) is 9.97 Å². The van der Waals surface area contributed by atoms with Crippen molar-refractivity contribution in [2.75, 3.05) is 5.73 Å². The Hall–Kier alpha value is -1.13. The second-order valence-electron chi connectivity index (χ2n) is 3.77. The Bertz CT molecular complexity index is 561. The molecule has 0 atom stereocenters. The number of nitrogens with zero attached hydrogens (tertiary/aromatic N) is 2. The molecule has 0 unspecified atom stereocenters. The van der Waals surface area contributed by atoms with Crippen molar-refractivity contribution >= 4 is 33.3 Å². The van der Waals surface area contributed by atoms with Crippen molar-refractivity contribution in [3.63, 3.8) is 0 Å². The van der Waals surface area contributed by atoms with Gasteiger partial charge in [-0.1, -0.05) is 27.5 Å². The quantitative estimate of drug-likeness (QED) is 0.872. The molecule has 0 saturated heterocycles. The first-order valence-corrected chi connectivity index (χ1v) is 6.22. The number of halogens is 2. The van der Waals surface area contributed by atoms with Crippen molar-refractivity contribution in [2.24, 2.45) is 0 Å². The molecule has 0 aliphatic heterocycles. The Morgan fingerprint density at radius 3 is 2.59 bits per heavy atom. The van der Waals surface area contributed by atoms with Crippen molar-refractivity contribution in [2.45, 2.75) is 13.8 Å². The summed E-state index contributed by atoms with van der Waals surface area (Å²) in [5.41, 5.74) is 8.38. The van der Waals surface area contributed by atoms with E-state index in [9.17, 15) is 0 Å². The standard InChI is InChI=1S/C12H11BrClN3/c1-6-7(2)16-12(17-11(6)15)9-5-8(13)3-4-10(9)14/h3-5H,1-2H3,(H2,15,16,17). The van der Waals surface area contributed by atoms with Crippen molar-refractivity contribution in [1.29, 1.82) is 0 Å². The number of anilines is 1. The number of benzene rings is 1. The summed E-state index contributed by atoms with van der Waals surface area (Å²) >= 11 is 9.53. The van der Waals surface area contributed by atoms with Crippen LogP contribution in [-0.2, 0) is 0 Å². The van der Waals surface area contributed by atoms with Crippen LogP contribution in [0.2, 0.25) is 5.02 Å². The van der Waals surface area contributed by atoms with Crippen molar-refractivity contribution in [3.8, 4) is 11.4 Å². The summed E-state index contributed by atoms with van der Waals surface area (Å²) in [6.07, 6.45) is 0. The second-order valence-corrected chi connectivity index (χ2v) is 5.09. The summed E-state index contributed by atoms with van der Waals surface area (Å²) < 4.78 is 0.928. The number of aryl methyl sites for hydroxylation is 1. The number of rotatable bonds is 1. The van der Waals surface area contributed by atoms with E-state index >= 15 is 0 Å². The lowest BCUT2D eigenvalue weighted by Crippen LogP contribution is -2.02. The topological polar surface area (TPSA) is 51.8 Å². The molecule has 0 bridgehead atoms. The van der Waals surface area contributed by atoms with Crippen LogP contribution in [0.25, 0.3) is 11.4 Å². The molecular formula is C12H11BrClN3. The van der Waals surface area contributed by atoms with E-state index < -0.39 is 0 Å². The van der Waals surface area contributed by atoms with Gasteiger partial charge >= 0.3 is 0 Å². The Labute approximate surface area is 113 Å². The maximum absolute atomic E-state index is 6.13. The molecule has 2 rings (SSSR count). The van der Waals surface area contributed by atoms with E-state index in [2.05, 4.69) is 25.9 Å². The van der Waals surface area contributed by atoms with Gasteiger partial charge in [0.25, 0.3) is 0 Å². The third kappa shape index (κ3) is 2.42. The lowest BCUT2D eigenvalue weighted by atomic mass is 10.2. The molecule has 2 aromatic rings. The summed E-state index contributed by atoms with van der Waals surface area (Å²) in [5, 5.41) is 0.607. The van der Waals surface area contributed by atoms with Gasteiger partial charge in [0.05, 0.1) is 5.02 Å². The zero-order valence-corrected chi connectivity index (χ0v) is 11.8. The summed E-state index contributed by atoms with van der Waals surface area (Å²) in [5.74, 6) is 1.04. The average Bonchev–Trinajstić information content (AvgIpc) is 2.28. The molecule has 2 N–H and O–H groups in total. The van der Waals surface area contributed by atoms with Crippen LogP contribution in [0.1, 0.15) is 11.3 Å². The van der Waals surface area contributed by atoms with Crippen LogP contribution in [0.4, 0.5) is 5.82 Å². The third-order valence-electron chi connectivity index (χ3n) is 2.60. The minimum Gasteiger partial charge on any atom is -0.383 e. The van der Waals surface area contributed by atoms with Gasteiger partial charge in [0.1, 0.15) is 5.82 Å². The smallest absolute Gasteiger partial charge is 0.163 e. The van der Waals surface area contributed by atoms with Crippen LogP contribution in [0, 0.1) is 13.8 Å². The predicted molar refractivity (Wildman–Crippen MR) is 74.1 cm³/mol. The molecule has 17 heavy (non-hydrogen) atoms. The largest absolute Gasteiger partial charge is 0.383 e. The molecule has 5 heteroatoms. The Morgan fingerprint density at radius 1 is 1.24 bits per heavy atom. The number of aromatic nitrogens is 2. The van der Waals surface area contributed by atoms with Gasteiger partial charge in [0.2, 0.25) is 0 Å². The molecular weight excluding hydrogens is 302 g/mol. The molecule has 0 amide bonds. The highest BCUT2D eigenvalue weighted by Gasteiger charge is 2.10. The molecule has 0 radical (unpaired) electrons. The summed E-state index contributed by atoms with van der Waals surface area (Å²) in [6, 6.07) is 5.55. The molecule has 0 spiro atoms. The van der Waals surface area contributed by atoms with Crippen LogP contribution in [0.3, 0.4) is 0 Å². The molecule has 1 heterocycles. The highest BCUT2D eigenvalue weighted by Crippen LogP contribution is 2.29. The van der Waals surface area contributed by atoms with Gasteiger partial charge in [0, 0.05) is 21.3 Å². The summed E-state index contributed by atoms with van der Waals surface area (Å²) in [6.45, 7) is 3.81. The van der Waals surface area contributed by atoms with E-state index in [1.165, 1.54) is 0 Å². The highest BCUT2D eigenvalue weighted by atomic mass is 79.9. The van der Waals surface area contributed by atoms with E-state index in [-0.39, 0.29) is 0 Å². The molecule has 88 valence electrons. The van der Waals surface area contributed by atoms with Gasteiger partial charge in [-0.2, -0.15) is 0 Å². The fraction of sp³-hybridized carbons (Fsp3) is 0.167. The third-order valence-corrected chi connectivity index (χ3v) is 3.42. The normalized spacial score (nSPS) is 10.6. The van der Waals surface area contributed by atoms with E-state index in [0.717, 1.165) is 21.3 Å². The number of hydrogen-bond donors (Lipinski definition) is 1. The average molecular weight is 313 g/mol. The SMILES string of the molecule is Cc1nc(-c2cc(Br)ccc2Cl)nc(N)c1C. The Balaban J connectivity index is 2.64. The lowest BCUT2D eigenvalue weighted by Gasteiger charge is -2.08. The lowest BCUT2D eigenvalue weighted by molar-refractivity contribution is 1.08. The molecule has 1 aromatic carbocycles. The molecule has 0 saturated carbocycles. The molecule has 0 fully saturated rings. The maximum atomic E-state index is 6.13. The van der Waals surface area contributed by atoms with Crippen molar-refractivity contribution < 1.29 is 0 Å². The zero-order valence-electron chi connectivity index (χ0n) is 9.46. The van der Waals surface area contributed by atoms with Gasteiger partial charge in [-0.15, -0.1) is 0 Å². The van der Waals surface area contributed by atoms with Crippen LogP contribution < -0.4 is 5.73 Å². The highest BCUT2D eigenvalue weighted by molar-refractivity contribution is 9.10. The van der Waals surface area contributed by atoms with Crippen LogP contribution in [0.5, 0.6) is 0 Å². The van der Waals surface area contributed by atoms with Gasteiger partial charge in [-0.3, -0.25) is 0 Å². The Kier molecular flexibility index (Phi) is 3.35. The van der Waals surface area contributed by atoms with Crippen molar-refractivity contribution in [3.05, 3.63) is 39.0 Å². The van der Waals surface area contributed by atoms with Crippen LogP contribution >= 0.6 is 27.5 Å². The monoisotopic (exact) mass is 311 g/mol. The van der Waals surface area contributed by atoms with Gasteiger partial charge in [-0.05, 0) is 32.0 Å². The Morgan fingerprint density at radius 2 is 1.94 bits per heavy atom. The summed E-state index contributed by atoms with van der Waals surface area (Å²) in [7, 11) is 0. The number of nitrogens with two attached hydrogens (primary N) is 1. The first-order valence-electron chi connectivity index (χ1n) is 5.05. The van der Waals surface area contributed by atoms with E-state index in [1.54, 1.807) is 6.07 Å². The fourth-order valence-corrected chi connectivity index (χ4v) is 2.00. The van der Waals surface area contributed by atoms with E-state index in [0.29, 0.717) is 16.7 Å². The molecule has 3 nitrogen and oxygen atoms in total. The zero-order chi connectivity index (χ0) is 12.6.